The van der Waals surface area contributed by atoms with Crippen LogP contribution in [0.4, 0.5) is 10.5 Å². The number of ether oxygens (including phenoxy) is 2. The molecule has 1 aliphatic heterocycles. The minimum absolute atomic E-state index is 0.0336. The number of carbonyl (C=O) groups excluding carboxylic acids is 1. The molecule has 1 saturated heterocycles. The molecular formula is C30H28N2O3. The van der Waals surface area contributed by atoms with Crippen LogP contribution < -0.4 is 14.4 Å². The van der Waals surface area contributed by atoms with Gasteiger partial charge in [0, 0.05) is 12.2 Å². The minimum atomic E-state index is -0.229. The summed E-state index contributed by atoms with van der Waals surface area (Å²) in [5.41, 5.74) is 4.05. The maximum absolute atomic E-state index is 14.2. The van der Waals surface area contributed by atoms with E-state index in [4.69, 9.17) is 9.47 Å². The first-order chi connectivity index (χ1) is 17.2. The summed E-state index contributed by atoms with van der Waals surface area (Å²) in [5, 5.41) is 0. The third kappa shape index (κ3) is 4.45. The largest absolute Gasteiger partial charge is 0.497 e. The van der Waals surface area contributed by atoms with Crippen molar-refractivity contribution in [3.05, 3.63) is 126 Å². The van der Waals surface area contributed by atoms with Crippen LogP contribution in [0.1, 0.15) is 28.8 Å². The van der Waals surface area contributed by atoms with Crippen molar-refractivity contribution in [2.24, 2.45) is 0 Å². The van der Waals surface area contributed by atoms with Crippen LogP contribution in [-0.4, -0.2) is 25.2 Å². The Labute approximate surface area is 206 Å². The Kier molecular flexibility index (Phi) is 6.40. The minimum Gasteiger partial charge on any atom is -0.497 e. The molecular weight excluding hydrogens is 436 g/mol. The number of carbonyl (C=O) groups is 1. The second-order valence-corrected chi connectivity index (χ2v) is 8.54. The third-order valence-electron chi connectivity index (χ3n) is 6.51. The van der Waals surface area contributed by atoms with E-state index >= 15 is 0 Å². The fourth-order valence-corrected chi connectivity index (χ4v) is 4.79. The molecule has 0 spiro atoms. The van der Waals surface area contributed by atoms with E-state index in [0.717, 1.165) is 33.9 Å². The van der Waals surface area contributed by atoms with Crippen molar-refractivity contribution in [3.8, 4) is 11.5 Å². The van der Waals surface area contributed by atoms with Gasteiger partial charge in [-0.05, 0) is 53.1 Å². The first kappa shape index (κ1) is 22.5. The van der Waals surface area contributed by atoms with E-state index in [1.165, 1.54) is 0 Å². The van der Waals surface area contributed by atoms with Gasteiger partial charge >= 0.3 is 6.03 Å². The second-order valence-electron chi connectivity index (χ2n) is 8.54. The number of hydrogen-bond acceptors (Lipinski definition) is 3. The zero-order valence-electron chi connectivity index (χ0n) is 19.9. The number of methoxy groups -OCH3 is 2. The molecule has 4 aromatic rings. The van der Waals surface area contributed by atoms with E-state index in [9.17, 15) is 4.79 Å². The molecule has 0 radical (unpaired) electrons. The van der Waals surface area contributed by atoms with Crippen molar-refractivity contribution in [1.29, 1.82) is 0 Å². The third-order valence-corrected chi connectivity index (χ3v) is 6.51. The summed E-state index contributed by atoms with van der Waals surface area (Å²) in [7, 11) is 3.30. The lowest BCUT2D eigenvalue weighted by Gasteiger charge is -2.29. The van der Waals surface area contributed by atoms with Crippen LogP contribution >= 0.6 is 0 Å². The molecule has 1 fully saturated rings. The van der Waals surface area contributed by atoms with Crippen molar-refractivity contribution < 1.29 is 14.3 Å². The van der Waals surface area contributed by atoms with Gasteiger partial charge in [0.15, 0.2) is 0 Å². The highest BCUT2D eigenvalue weighted by Crippen LogP contribution is 2.48. The van der Waals surface area contributed by atoms with Gasteiger partial charge in [-0.2, -0.15) is 0 Å². The lowest BCUT2D eigenvalue weighted by molar-refractivity contribution is 0.199. The maximum atomic E-state index is 14.2. The molecule has 5 heteroatoms. The van der Waals surface area contributed by atoms with E-state index in [0.29, 0.717) is 6.54 Å². The number of hydrogen-bond donors (Lipinski definition) is 0. The summed E-state index contributed by atoms with van der Waals surface area (Å²) in [6.45, 7) is 0.512. The fraction of sp³-hybridized carbons (Fsp3) is 0.167. The maximum Gasteiger partial charge on any atom is 0.326 e. The Balaban J connectivity index is 1.66. The number of amides is 2. The Bertz CT molecular complexity index is 1260. The lowest BCUT2D eigenvalue weighted by Crippen LogP contribution is -2.32. The second kappa shape index (κ2) is 9.94. The van der Waals surface area contributed by atoms with Gasteiger partial charge in [0.2, 0.25) is 0 Å². The molecule has 2 amide bonds. The van der Waals surface area contributed by atoms with Crippen molar-refractivity contribution in [1.82, 2.24) is 4.90 Å². The number of benzene rings is 4. The van der Waals surface area contributed by atoms with Crippen LogP contribution in [0, 0.1) is 0 Å². The van der Waals surface area contributed by atoms with E-state index in [1.54, 1.807) is 14.2 Å². The van der Waals surface area contributed by atoms with Crippen LogP contribution in [0.25, 0.3) is 0 Å². The number of rotatable bonds is 7. The summed E-state index contributed by atoms with van der Waals surface area (Å²) >= 11 is 0. The van der Waals surface area contributed by atoms with E-state index < -0.39 is 0 Å². The van der Waals surface area contributed by atoms with Gasteiger partial charge in [-0.1, -0.05) is 72.8 Å². The number of anilines is 1. The normalized spacial score (nSPS) is 17.5. The summed E-state index contributed by atoms with van der Waals surface area (Å²) in [5.74, 6) is 1.54. The Morgan fingerprint density at radius 2 is 1.14 bits per heavy atom. The molecule has 0 aromatic heterocycles. The van der Waals surface area contributed by atoms with Crippen molar-refractivity contribution in [2.75, 3.05) is 19.1 Å². The Hall–Kier alpha value is -4.25. The zero-order valence-corrected chi connectivity index (χ0v) is 19.9. The molecule has 0 aliphatic carbocycles. The molecule has 176 valence electrons. The highest BCUT2D eigenvalue weighted by atomic mass is 16.5. The summed E-state index contributed by atoms with van der Waals surface area (Å²) in [6, 6.07) is 35.6. The van der Waals surface area contributed by atoms with Crippen LogP contribution in [0.15, 0.2) is 109 Å². The zero-order chi connectivity index (χ0) is 24.2. The highest BCUT2D eigenvalue weighted by molar-refractivity contribution is 5.96. The number of nitrogens with zero attached hydrogens (tertiary/aromatic N) is 2. The molecule has 0 saturated carbocycles. The van der Waals surface area contributed by atoms with Crippen molar-refractivity contribution >= 4 is 11.7 Å². The standard InChI is InChI=1S/C30H28N2O3/c1-34-26-17-13-24(14-18-26)29-28(23-11-7-4-8-12-23)31(21-22-9-5-3-6-10-22)30(33)32(29)25-15-19-27(35-2)20-16-25/h3-20,28-29H,21H2,1-2H3. The van der Waals surface area contributed by atoms with Gasteiger partial charge in [-0.15, -0.1) is 0 Å². The average molecular weight is 465 g/mol. The molecule has 1 heterocycles. The van der Waals surface area contributed by atoms with Crippen LogP contribution in [-0.2, 0) is 6.54 Å². The van der Waals surface area contributed by atoms with Gasteiger partial charge < -0.3 is 14.4 Å². The summed E-state index contributed by atoms with van der Waals surface area (Å²) < 4.78 is 10.8. The predicted molar refractivity (Wildman–Crippen MR) is 138 cm³/mol. The van der Waals surface area contributed by atoms with Crippen molar-refractivity contribution in [2.45, 2.75) is 18.6 Å². The molecule has 5 nitrogen and oxygen atoms in total. The topological polar surface area (TPSA) is 42.0 Å². The SMILES string of the molecule is COc1ccc(C2C(c3ccccc3)N(Cc3ccccc3)C(=O)N2c2ccc(OC)cc2)cc1. The average Bonchev–Trinajstić information content (AvgIpc) is 3.21. The van der Waals surface area contributed by atoms with Gasteiger partial charge in [-0.3, -0.25) is 4.90 Å². The molecule has 1 aliphatic rings. The monoisotopic (exact) mass is 464 g/mol. The first-order valence-corrected chi connectivity index (χ1v) is 11.7. The summed E-state index contributed by atoms with van der Waals surface area (Å²) in [4.78, 5) is 18.0. The number of urea groups is 1. The first-order valence-electron chi connectivity index (χ1n) is 11.7. The predicted octanol–water partition coefficient (Wildman–Crippen LogP) is 6.63. The lowest BCUT2D eigenvalue weighted by atomic mass is 9.92. The molecule has 5 rings (SSSR count). The van der Waals surface area contributed by atoms with E-state index in [2.05, 4.69) is 36.4 Å². The smallest absolute Gasteiger partial charge is 0.326 e. The fourth-order valence-electron chi connectivity index (χ4n) is 4.79. The van der Waals surface area contributed by atoms with E-state index in [1.807, 2.05) is 82.6 Å². The summed E-state index contributed by atoms with van der Waals surface area (Å²) in [6.07, 6.45) is 0. The van der Waals surface area contributed by atoms with Gasteiger partial charge in [0.25, 0.3) is 0 Å². The van der Waals surface area contributed by atoms with Gasteiger partial charge in [-0.25, -0.2) is 4.79 Å². The van der Waals surface area contributed by atoms with E-state index in [-0.39, 0.29) is 18.1 Å². The highest BCUT2D eigenvalue weighted by Gasteiger charge is 2.47. The Morgan fingerprint density at radius 3 is 1.71 bits per heavy atom. The van der Waals surface area contributed by atoms with Crippen LogP contribution in [0.3, 0.4) is 0 Å². The van der Waals surface area contributed by atoms with Crippen molar-refractivity contribution in [3.63, 3.8) is 0 Å². The van der Waals surface area contributed by atoms with Gasteiger partial charge in [0.05, 0.1) is 26.3 Å². The quantitative estimate of drug-likeness (QED) is 0.308. The van der Waals surface area contributed by atoms with Crippen LogP contribution in [0.5, 0.6) is 11.5 Å². The molecule has 2 atom stereocenters. The molecule has 4 aromatic carbocycles. The molecule has 0 bridgehead atoms. The molecule has 35 heavy (non-hydrogen) atoms. The van der Waals surface area contributed by atoms with Crippen LogP contribution in [0.2, 0.25) is 0 Å². The van der Waals surface area contributed by atoms with Gasteiger partial charge in [0.1, 0.15) is 11.5 Å². The molecule has 2 unspecified atom stereocenters. The Morgan fingerprint density at radius 1 is 0.629 bits per heavy atom. The molecule has 0 N–H and O–H groups in total.